The van der Waals surface area contributed by atoms with E-state index in [-0.39, 0.29) is 0 Å². The predicted octanol–water partition coefficient (Wildman–Crippen LogP) is 2.71. The van der Waals surface area contributed by atoms with Crippen molar-refractivity contribution in [2.75, 3.05) is 11.9 Å². The van der Waals surface area contributed by atoms with Crippen LogP contribution in [0.5, 0.6) is 0 Å². The highest BCUT2D eigenvalue weighted by Gasteiger charge is 2.12. The molecule has 2 heterocycles. The van der Waals surface area contributed by atoms with Crippen molar-refractivity contribution in [3.8, 4) is 11.3 Å². The molecule has 1 aromatic heterocycles. The van der Waals surface area contributed by atoms with Gasteiger partial charge in [0.15, 0.2) is 0 Å². The summed E-state index contributed by atoms with van der Waals surface area (Å²) in [6, 6.07) is 6.60. The Hall–Kier alpha value is -1.84. The fourth-order valence-electron chi connectivity index (χ4n) is 2.49. The van der Waals surface area contributed by atoms with Crippen LogP contribution in [0, 0.1) is 0 Å². The van der Waals surface area contributed by atoms with Crippen LogP contribution in [0.2, 0.25) is 0 Å². The van der Waals surface area contributed by atoms with Crippen molar-refractivity contribution >= 4 is 5.69 Å². The smallest absolute Gasteiger partial charge is 0.0885 e. The largest absolute Gasteiger partial charge is 0.385 e. The first-order valence-electron chi connectivity index (χ1n) is 6.64. The molecule has 4 nitrogen and oxygen atoms in total. The van der Waals surface area contributed by atoms with E-state index in [9.17, 15) is 0 Å². The first-order valence-corrected chi connectivity index (χ1v) is 6.64. The minimum Gasteiger partial charge on any atom is -0.385 e. The van der Waals surface area contributed by atoms with E-state index in [1.165, 1.54) is 23.2 Å². The number of aromatic nitrogens is 3. The third-order valence-electron chi connectivity index (χ3n) is 3.39. The number of hydrogen-bond donors (Lipinski definition) is 1. The predicted molar refractivity (Wildman–Crippen MR) is 72.6 cm³/mol. The van der Waals surface area contributed by atoms with Crippen LogP contribution in [0.25, 0.3) is 11.3 Å². The second kappa shape index (κ2) is 4.80. The number of nitrogens with one attached hydrogen (secondary N) is 1. The molecule has 94 valence electrons. The Kier molecular flexibility index (Phi) is 3.00. The van der Waals surface area contributed by atoms with Gasteiger partial charge in [0.1, 0.15) is 0 Å². The van der Waals surface area contributed by atoms with Crippen LogP contribution in [-0.4, -0.2) is 21.5 Å². The lowest BCUT2D eigenvalue weighted by Crippen LogP contribution is -2.11. The van der Waals surface area contributed by atoms with Crippen molar-refractivity contribution in [2.24, 2.45) is 0 Å². The molecule has 0 saturated heterocycles. The van der Waals surface area contributed by atoms with Gasteiger partial charge >= 0.3 is 0 Å². The van der Waals surface area contributed by atoms with Gasteiger partial charge in [-0.1, -0.05) is 18.2 Å². The van der Waals surface area contributed by atoms with Crippen LogP contribution < -0.4 is 5.32 Å². The van der Waals surface area contributed by atoms with E-state index >= 15 is 0 Å². The van der Waals surface area contributed by atoms with Crippen LogP contribution >= 0.6 is 0 Å². The van der Waals surface area contributed by atoms with E-state index in [2.05, 4.69) is 40.8 Å². The maximum absolute atomic E-state index is 4.15. The van der Waals surface area contributed by atoms with Crippen molar-refractivity contribution in [3.05, 3.63) is 30.0 Å². The van der Waals surface area contributed by atoms with Crippen LogP contribution in [0.4, 0.5) is 5.69 Å². The zero-order valence-electron chi connectivity index (χ0n) is 10.7. The van der Waals surface area contributed by atoms with Gasteiger partial charge in [-0.2, -0.15) is 0 Å². The lowest BCUT2D eigenvalue weighted by Gasteiger charge is -2.18. The molecule has 0 fully saturated rings. The summed E-state index contributed by atoms with van der Waals surface area (Å²) in [6.45, 7) is 4.16. The van der Waals surface area contributed by atoms with Gasteiger partial charge in [0, 0.05) is 24.3 Å². The van der Waals surface area contributed by atoms with E-state index in [0.717, 1.165) is 31.6 Å². The molecular formula is C14H18N4. The summed E-state index contributed by atoms with van der Waals surface area (Å²) in [5, 5.41) is 11.6. The average molecular weight is 242 g/mol. The molecule has 0 spiro atoms. The summed E-state index contributed by atoms with van der Waals surface area (Å²) >= 11 is 0. The van der Waals surface area contributed by atoms with Crippen molar-refractivity contribution < 1.29 is 0 Å². The average Bonchev–Trinajstić information content (AvgIpc) is 2.87. The Balaban J connectivity index is 1.98. The molecule has 1 aliphatic rings. The molecule has 0 atom stereocenters. The molecular weight excluding hydrogens is 224 g/mol. The number of rotatable bonds is 3. The zero-order chi connectivity index (χ0) is 12.4. The maximum atomic E-state index is 4.15. The summed E-state index contributed by atoms with van der Waals surface area (Å²) in [5.74, 6) is 0. The van der Waals surface area contributed by atoms with E-state index < -0.39 is 0 Å². The molecule has 3 rings (SSSR count). The fraction of sp³-hybridized carbons (Fsp3) is 0.429. The highest BCUT2D eigenvalue weighted by atomic mass is 15.4. The van der Waals surface area contributed by atoms with E-state index in [0.29, 0.717) is 0 Å². The third-order valence-corrected chi connectivity index (χ3v) is 3.39. The summed E-state index contributed by atoms with van der Waals surface area (Å²) < 4.78 is 1.98. The summed E-state index contributed by atoms with van der Waals surface area (Å²) in [6.07, 6.45) is 5.30. The second-order valence-electron chi connectivity index (χ2n) is 4.74. The van der Waals surface area contributed by atoms with Gasteiger partial charge in [0.2, 0.25) is 0 Å². The van der Waals surface area contributed by atoms with Crippen LogP contribution in [0.15, 0.2) is 24.4 Å². The van der Waals surface area contributed by atoms with Gasteiger partial charge in [-0.3, -0.25) is 0 Å². The standard InChI is InChI=1S/C14H18N4/c1-2-8-18-14(10-16-17-18)12-5-6-13-11(9-12)4-3-7-15-13/h5-6,9-10,15H,2-4,7-8H2,1H3. The molecule has 1 aromatic carbocycles. The van der Waals surface area contributed by atoms with Crippen LogP contribution in [0.1, 0.15) is 25.3 Å². The SMILES string of the molecule is CCCn1nncc1-c1ccc2c(c1)CCCN2. The number of hydrogen-bond acceptors (Lipinski definition) is 3. The van der Waals surface area contributed by atoms with Gasteiger partial charge < -0.3 is 5.32 Å². The molecule has 4 heteroatoms. The van der Waals surface area contributed by atoms with Crippen LogP contribution in [-0.2, 0) is 13.0 Å². The van der Waals surface area contributed by atoms with E-state index in [4.69, 9.17) is 0 Å². The highest BCUT2D eigenvalue weighted by molar-refractivity contribution is 5.66. The van der Waals surface area contributed by atoms with Gasteiger partial charge in [-0.15, -0.1) is 5.10 Å². The number of benzene rings is 1. The maximum Gasteiger partial charge on any atom is 0.0885 e. The third kappa shape index (κ3) is 1.98. The summed E-state index contributed by atoms with van der Waals surface area (Å²) in [5.41, 5.74) is 5.02. The molecule has 1 aliphatic heterocycles. The molecule has 18 heavy (non-hydrogen) atoms. The van der Waals surface area contributed by atoms with Gasteiger partial charge in [-0.25, -0.2) is 4.68 Å². The van der Waals surface area contributed by atoms with Crippen LogP contribution in [0.3, 0.4) is 0 Å². The molecule has 0 radical (unpaired) electrons. The molecule has 0 amide bonds. The van der Waals surface area contributed by atoms with Gasteiger partial charge in [0.25, 0.3) is 0 Å². The van der Waals surface area contributed by atoms with Gasteiger partial charge in [-0.05, 0) is 37.0 Å². The van der Waals surface area contributed by atoms with Crippen molar-refractivity contribution in [2.45, 2.75) is 32.7 Å². The molecule has 2 aromatic rings. The molecule has 0 saturated carbocycles. The minimum atomic E-state index is 0.921. The highest BCUT2D eigenvalue weighted by Crippen LogP contribution is 2.27. The van der Waals surface area contributed by atoms with Crippen molar-refractivity contribution in [1.82, 2.24) is 15.0 Å². The number of nitrogens with zero attached hydrogens (tertiary/aromatic N) is 3. The number of fused-ring (bicyclic) bond motifs is 1. The second-order valence-corrected chi connectivity index (χ2v) is 4.74. The normalized spacial score (nSPS) is 14.1. The quantitative estimate of drug-likeness (QED) is 0.900. The first-order chi connectivity index (χ1) is 8.88. The minimum absolute atomic E-state index is 0.921. The molecule has 0 bridgehead atoms. The van der Waals surface area contributed by atoms with Gasteiger partial charge in [0.05, 0.1) is 11.9 Å². The lowest BCUT2D eigenvalue weighted by molar-refractivity contribution is 0.584. The Morgan fingerprint density at radius 1 is 1.39 bits per heavy atom. The Morgan fingerprint density at radius 2 is 2.33 bits per heavy atom. The zero-order valence-corrected chi connectivity index (χ0v) is 10.7. The van der Waals surface area contributed by atoms with Crippen molar-refractivity contribution in [1.29, 1.82) is 0 Å². The first kappa shape index (κ1) is 11.3. The lowest BCUT2D eigenvalue weighted by atomic mass is 10.00. The summed E-state index contributed by atoms with van der Waals surface area (Å²) in [4.78, 5) is 0. The topological polar surface area (TPSA) is 42.7 Å². The Bertz CT molecular complexity index is 544. The Morgan fingerprint density at radius 3 is 3.22 bits per heavy atom. The van der Waals surface area contributed by atoms with Crippen molar-refractivity contribution in [3.63, 3.8) is 0 Å². The van der Waals surface area contributed by atoms with E-state index in [1.807, 2.05) is 10.9 Å². The molecule has 1 N–H and O–H groups in total. The molecule has 0 unspecified atom stereocenters. The Labute approximate surface area is 107 Å². The summed E-state index contributed by atoms with van der Waals surface area (Å²) in [7, 11) is 0. The monoisotopic (exact) mass is 242 g/mol. The fourth-order valence-corrected chi connectivity index (χ4v) is 2.49. The van der Waals surface area contributed by atoms with E-state index in [1.54, 1.807) is 0 Å². The number of anilines is 1. The molecule has 0 aliphatic carbocycles. The number of aryl methyl sites for hydroxylation is 2.